The SMILES string of the molecule is CCOC(=O)/C(C(=O)Nc1ccc(Br)cc1)=C1\NC(C)(C)Cc2ccccc21. The number of carbonyl (C=O) groups excluding carboxylic acids is 2. The molecule has 0 saturated carbocycles. The van der Waals surface area contributed by atoms with Crippen LogP contribution < -0.4 is 10.6 Å². The Morgan fingerprint density at radius 3 is 2.50 bits per heavy atom. The number of carbonyl (C=O) groups is 2. The molecule has 1 aliphatic heterocycles. The number of ether oxygens (including phenoxy) is 1. The average Bonchev–Trinajstić information content (AvgIpc) is 2.63. The Hall–Kier alpha value is -2.60. The maximum atomic E-state index is 13.1. The smallest absolute Gasteiger partial charge is 0.345 e. The molecule has 1 amide bonds. The van der Waals surface area contributed by atoms with Gasteiger partial charge in [0.05, 0.1) is 12.3 Å². The molecule has 3 rings (SSSR count). The van der Waals surface area contributed by atoms with Crippen molar-refractivity contribution in [1.29, 1.82) is 0 Å². The first-order chi connectivity index (χ1) is 13.3. The van der Waals surface area contributed by atoms with E-state index in [1.54, 1.807) is 19.1 Å². The molecule has 28 heavy (non-hydrogen) atoms. The van der Waals surface area contributed by atoms with Gasteiger partial charge in [-0.3, -0.25) is 4.79 Å². The van der Waals surface area contributed by atoms with E-state index in [9.17, 15) is 9.59 Å². The van der Waals surface area contributed by atoms with Crippen molar-refractivity contribution in [3.05, 3.63) is 69.7 Å². The number of benzene rings is 2. The van der Waals surface area contributed by atoms with Gasteiger partial charge in [-0.2, -0.15) is 0 Å². The molecular formula is C22H23BrN2O3. The number of hydrogen-bond donors (Lipinski definition) is 2. The Labute approximate surface area is 173 Å². The largest absolute Gasteiger partial charge is 0.462 e. The first kappa shape index (κ1) is 20.1. The second kappa shape index (κ2) is 8.19. The maximum Gasteiger partial charge on any atom is 0.345 e. The number of halogens is 1. The predicted octanol–water partition coefficient (Wildman–Crippen LogP) is 4.29. The van der Waals surface area contributed by atoms with Gasteiger partial charge < -0.3 is 15.4 Å². The van der Waals surface area contributed by atoms with E-state index in [2.05, 4.69) is 26.6 Å². The zero-order chi connectivity index (χ0) is 20.3. The molecule has 2 aromatic carbocycles. The maximum absolute atomic E-state index is 13.1. The standard InChI is InChI=1S/C22H23BrN2O3/c1-4-28-21(27)18(20(26)24-16-11-9-15(23)10-12-16)19-17-8-6-5-7-14(17)13-22(2,3)25-19/h5-12,25H,4,13H2,1-3H3,(H,24,26)/b19-18-. The van der Waals surface area contributed by atoms with Crippen molar-refractivity contribution >= 4 is 39.2 Å². The first-order valence-corrected chi connectivity index (χ1v) is 9.95. The molecule has 0 spiro atoms. The Kier molecular flexibility index (Phi) is 5.89. The summed E-state index contributed by atoms with van der Waals surface area (Å²) in [5, 5.41) is 6.18. The molecule has 1 aliphatic rings. The van der Waals surface area contributed by atoms with Gasteiger partial charge in [0.15, 0.2) is 0 Å². The minimum atomic E-state index is -0.646. The fourth-order valence-corrected chi connectivity index (χ4v) is 3.54. The van der Waals surface area contributed by atoms with Gasteiger partial charge in [0.2, 0.25) is 0 Å². The lowest BCUT2D eigenvalue weighted by atomic mass is 9.84. The van der Waals surface area contributed by atoms with Crippen LogP contribution in [0.4, 0.5) is 5.69 Å². The fourth-order valence-electron chi connectivity index (χ4n) is 3.28. The Morgan fingerprint density at radius 1 is 1.14 bits per heavy atom. The van der Waals surface area contributed by atoms with Crippen LogP contribution in [0.1, 0.15) is 31.9 Å². The molecule has 2 N–H and O–H groups in total. The van der Waals surface area contributed by atoms with Gasteiger partial charge in [-0.25, -0.2) is 4.79 Å². The molecule has 5 nitrogen and oxygen atoms in total. The highest BCUT2D eigenvalue weighted by atomic mass is 79.9. The van der Waals surface area contributed by atoms with Crippen molar-refractivity contribution in [2.45, 2.75) is 32.7 Å². The zero-order valence-corrected chi connectivity index (χ0v) is 17.7. The molecule has 0 aromatic heterocycles. The summed E-state index contributed by atoms with van der Waals surface area (Å²) in [6.07, 6.45) is 0.789. The summed E-state index contributed by atoms with van der Waals surface area (Å²) in [6, 6.07) is 15.0. The number of rotatable bonds is 4. The lowest BCUT2D eigenvalue weighted by Gasteiger charge is -2.36. The third kappa shape index (κ3) is 4.44. The summed E-state index contributed by atoms with van der Waals surface area (Å²) in [5.74, 6) is -1.15. The quantitative estimate of drug-likeness (QED) is 0.320. The molecule has 0 bridgehead atoms. The van der Waals surface area contributed by atoms with Crippen molar-refractivity contribution < 1.29 is 14.3 Å². The van der Waals surface area contributed by atoms with Gasteiger partial charge in [0.25, 0.3) is 5.91 Å². The summed E-state index contributed by atoms with van der Waals surface area (Å²) < 4.78 is 6.12. The highest BCUT2D eigenvalue weighted by Gasteiger charge is 2.34. The summed E-state index contributed by atoms with van der Waals surface area (Å²) in [5.41, 5.74) is 2.69. The third-order valence-corrected chi connectivity index (χ3v) is 4.97. The topological polar surface area (TPSA) is 67.4 Å². The van der Waals surface area contributed by atoms with Crippen LogP contribution in [-0.2, 0) is 20.7 Å². The second-order valence-electron chi connectivity index (χ2n) is 7.27. The van der Waals surface area contributed by atoms with E-state index >= 15 is 0 Å². The van der Waals surface area contributed by atoms with E-state index in [1.807, 2.05) is 50.2 Å². The molecule has 0 fully saturated rings. The van der Waals surface area contributed by atoms with E-state index < -0.39 is 11.9 Å². The van der Waals surface area contributed by atoms with E-state index in [4.69, 9.17) is 4.74 Å². The highest BCUT2D eigenvalue weighted by molar-refractivity contribution is 9.10. The van der Waals surface area contributed by atoms with Crippen LogP contribution in [0.3, 0.4) is 0 Å². The van der Waals surface area contributed by atoms with Crippen molar-refractivity contribution in [1.82, 2.24) is 5.32 Å². The molecule has 0 unspecified atom stereocenters. The van der Waals surface area contributed by atoms with Gasteiger partial charge in [-0.05, 0) is 57.0 Å². The Bertz CT molecular complexity index is 933. The molecular weight excluding hydrogens is 420 g/mol. The van der Waals surface area contributed by atoms with Gasteiger partial charge in [-0.1, -0.05) is 40.2 Å². The summed E-state index contributed by atoms with van der Waals surface area (Å²) in [4.78, 5) is 25.9. The zero-order valence-electron chi connectivity index (χ0n) is 16.1. The van der Waals surface area contributed by atoms with Gasteiger partial charge >= 0.3 is 5.97 Å². The molecule has 2 aromatic rings. The van der Waals surface area contributed by atoms with Crippen LogP contribution in [0, 0.1) is 0 Å². The van der Waals surface area contributed by atoms with Gasteiger partial charge in [-0.15, -0.1) is 0 Å². The molecule has 0 radical (unpaired) electrons. The highest BCUT2D eigenvalue weighted by Crippen LogP contribution is 2.32. The number of amides is 1. The lowest BCUT2D eigenvalue weighted by Crippen LogP contribution is -2.45. The first-order valence-electron chi connectivity index (χ1n) is 9.15. The molecule has 6 heteroatoms. The summed E-state index contributed by atoms with van der Waals surface area (Å²) in [7, 11) is 0. The normalized spacial score (nSPS) is 16.4. The van der Waals surface area contributed by atoms with Crippen LogP contribution >= 0.6 is 15.9 Å². The second-order valence-corrected chi connectivity index (χ2v) is 8.19. The Morgan fingerprint density at radius 2 is 1.82 bits per heavy atom. The average molecular weight is 443 g/mol. The third-order valence-electron chi connectivity index (χ3n) is 4.44. The molecule has 0 atom stereocenters. The van der Waals surface area contributed by atoms with Crippen LogP contribution in [0.5, 0.6) is 0 Å². The number of esters is 1. The predicted molar refractivity (Wildman–Crippen MR) is 114 cm³/mol. The van der Waals surface area contributed by atoms with Crippen molar-refractivity contribution in [3.63, 3.8) is 0 Å². The van der Waals surface area contributed by atoms with Crippen molar-refractivity contribution in [3.8, 4) is 0 Å². The van der Waals surface area contributed by atoms with Crippen LogP contribution in [0.15, 0.2) is 58.6 Å². The van der Waals surface area contributed by atoms with E-state index in [0.29, 0.717) is 11.4 Å². The van der Waals surface area contributed by atoms with E-state index in [-0.39, 0.29) is 17.7 Å². The fraction of sp³-hybridized carbons (Fsp3) is 0.273. The van der Waals surface area contributed by atoms with Gasteiger partial charge in [0, 0.05) is 21.3 Å². The van der Waals surface area contributed by atoms with Crippen LogP contribution in [0.2, 0.25) is 0 Å². The molecule has 0 aliphatic carbocycles. The Balaban J connectivity index is 2.09. The van der Waals surface area contributed by atoms with E-state index in [1.165, 1.54) is 0 Å². The minimum Gasteiger partial charge on any atom is -0.462 e. The minimum absolute atomic E-state index is 0.0232. The van der Waals surface area contributed by atoms with Gasteiger partial charge in [0.1, 0.15) is 5.57 Å². The molecule has 146 valence electrons. The molecule has 1 heterocycles. The summed E-state index contributed by atoms with van der Waals surface area (Å²) >= 11 is 3.37. The lowest BCUT2D eigenvalue weighted by molar-refractivity contribution is -0.139. The summed E-state index contributed by atoms with van der Waals surface area (Å²) in [6.45, 7) is 5.99. The number of fused-ring (bicyclic) bond motifs is 1. The number of anilines is 1. The number of hydrogen-bond acceptors (Lipinski definition) is 4. The van der Waals surface area contributed by atoms with Crippen molar-refractivity contribution in [2.24, 2.45) is 0 Å². The molecule has 0 saturated heterocycles. The number of nitrogens with one attached hydrogen (secondary N) is 2. The van der Waals surface area contributed by atoms with Crippen LogP contribution in [-0.4, -0.2) is 24.0 Å². The van der Waals surface area contributed by atoms with E-state index in [0.717, 1.165) is 22.0 Å². The van der Waals surface area contributed by atoms with Crippen molar-refractivity contribution in [2.75, 3.05) is 11.9 Å². The monoisotopic (exact) mass is 442 g/mol. The van der Waals surface area contributed by atoms with Crippen LogP contribution in [0.25, 0.3) is 5.70 Å².